The molecule has 0 N–H and O–H groups in total. The van der Waals surface area contributed by atoms with Crippen LogP contribution in [0, 0.1) is 0 Å². The number of sulfonamides is 1. The maximum absolute atomic E-state index is 13.6. The molecule has 1 amide bonds. The summed E-state index contributed by atoms with van der Waals surface area (Å²) >= 11 is 1.46. The normalized spacial score (nSPS) is 14.0. The highest BCUT2D eigenvalue weighted by Gasteiger charge is 2.35. The van der Waals surface area contributed by atoms with Crippen LogP contribution in [0.3, 0.4) is 0 Å². The first-order valence-electron chi connectivity index (χ1n) is 10.7. The topological polar surface area (TPSA) is 70.6 Å². The maximum Gasteiger partial charge on any atom is 0.260 e. The SMILES string of the molecule is CN(C1CC1)S(=O)(=O)c1ccc(C(=O)N(Cc2ccccc2)c2nc3ccccc3s2)cc1. The molecule has 0 saturated heterocycles. The van der Waals surface area contributed by atoms with Crippen molar-refractivity contribution in [1.29, 1.82) is 0 Å². The van der Waals surface area contributed by atoms with Crippen LogP contribution in [-0.4, -0.2) is 36.7 Å². The fourth-order valence-corrected chi connectivity index (χ4v) is 6.07. The summed E-state index contributed by atoms with van der Waals surface area (Å²) in [5.74, 6) is -0.225. The molecular weight excluding hydrogens is 454 g/mol. The Labute approximate surface area is 197 Å². The molecule has 0 aliphatic heterocycles. The third-order valence-electron chi connectivity index (χ3n) is 5.78. The Balaban J connectivity index is 1.47. The van der Waals surface area contributed by atoms with Gasteiger partial charge in [0.05, 0.1) is 21.7 Å². The summed E-state index contributed by atoms with van der Waals surface area (Å²) in [5, 5.41) is 0.607. The number of carbonyl (C=O) groups excluding carboxylic acids is 1. The standard InChI is InChI=1S/C25H23N3O3S2/c1-27(20-13-14-20)33(30,31)21-15-11-19(12-16-21)24(29)28(17-18-7-3-2-4-8-18)25-26-22-9-5-6-10-23(22)32-25/h2-12,15-16,20H,13-14,17H2,1H3. The molecule has 33 heavy (non-hydrogen) atoms. The molecule has 1 heterocycles. The molecule has 4 aromatic rings. The predicted octanol–water partition coefficient (Wildman–Crippen LogP) is 4.93. The second kappa shape index (κ2) is 8.70. The molecule has 1 fully saturated rings. The minimum Gasteiger partial charge on any atom is -0.279 e. The first-order valence-corrected chi connectivity index (χ1v) is 13.0. The summed E-state index contributed by atoms with van der Waals surface area (Å²) in [4.78, 5) is 20.1. The minimum atomic E-state index is -3.56. The number of benzene rings is 3. The molecule has 6 nitrogen and oxygen atoms in total. The van der Waals surface area contributed by atoms with Crippen molar-refractivity contribution in [1.82, 2.24) is 9.29 Å². The lowest BCUT2D eigenvalue weighted by molar-refractivity contribution is 0.0985. The van der Waals surface area contributed by atoms with Gasteiger partial charge in [-0.15, -0.1) is 0 Å². The Morgan fingerprint density at radius 3 is 2.30 bits per heavy atom. The Morgan fingerprint density at radius 2 is 1.64 bits per heavy atom. The van der Waals surface area contributed by atoms with E-state index in [0.717, 1.165) is 28.6 Å². The smallest absolute Gasteiger partial charge is 0.260 e. The van der Waals surface area contributed by atoms with E-state index in [9.17, 15) is 13.2 Å². The van der Waals surface area contributed by atoms with Gasteiger partial charge >= 0.3 is 0 Å². The number of carbonyl (C=O) groups is 1. The van der Waals surface area contributed by atoms with Gasteiger partial charge in [0.2, 0.25) is 10.0 Å². The van der Waals surface area contributed by atoms with E-state index in [1.807, 2.05) is 54.6 Å². The zero-order valence-electron chi connectivity index (χ0n) is 18.1. The number of hydrogen-bond acceptors (Lipinski definition) is 5. The van der Waals surface area contributed by atoms with Crippen molar-refractivity contribution in [3.05, 3.63) is 90.0 Å². The molecule has 1 aromatic heterocycles. The number of nitrogens with zero attached hydrogens (tertiary/aromatic N) is 3. The first kappa shape index (κ1) is 21.8. The van der Waals surface area contributed by atoms with E-state index in [4.69, 9.17) is 0 Å². The molecule has 1 aliphatic carbocycles. The quantitative estimate of drug-likeness (QED) is 0.379. The molecule has 5 rings (SSSR count). The van der Waals surface area contributed by atoms with Crippen LogP contribution in [0.25, 0.3) is 10.2 Å². The van der Waals surface area contributed by atoms with Gasteiger partial charge in [-0.2, -0.15) is 4.31 Å². The highest BCUT2D eigenvalue weighted by Crippen LogP contribution is 2.32. The lowest BCUT2D eigenvalue weighted by atomic mass is 10.1. The average Bonchev–Trinajstić information content (AvgIpc) is 3.60. The van der Waals surface area contributed by atoms with Crippen molar-refractivity contribution in [2.75, 3.05) is 11.9 Å². The second-order valence-electron chi connectivity index (χ2n) is 8.12. The number of thiazole rings is 1. The third-order valence-corrected chi connectivity index (χ3v) is 8.77. The zero-order valence-corrected chi connectivity index (χ0v) is 19.7. The fraction of sp³-hybridized carbons (Fsp3) is 0.200. The van der Waals surface area contributed by atoms with Crippen LogP contribution in [0.15, 0.2) is 83.8 Å². The molecule has 168 valence electrons. The largest absolute Gasteiger partial charge is 0.279 e. The molecule has 3 aromatic carbocycles. The average molecular weight is 478 g/mol. The highest BCUT2D eigenvalue weighted by molar-refractivity contribution is 7.89. The lowest BCUT2D eigenvalue weighted by Crippen LogP contribution is -2.31. The Bertz CT molecular complexity index is 1360. The van der Waals surface area contributed by atoms with Gasteiger partial charge in [-0.05, 0) is 54.8 Å². The summed E-state index contributed by atoms with van der Waals surface area (Å²) in [6.07, 6.45) is 1.78. The lowest BCUT2D eigenvalue weighted by Gasteiger charge is -2.21. The Kier molecular flexibility index (Phi) is 5.74. The fourth-order valence-electron chi connectivity index (χ4n) is 3.69. The maximum atomic E-state index is 13.6. The molecule has 0 bridgehead atoms. The van der Waals surface area contributed by atoms with Crippen molar-refractivity contribution in [2.24, 2.45) is 0 Å². The van der Waals surface area contributed by atoms with Crippen molar-refractivity contribution >= 4 is 42.6 Å². The van der Waals surface area contributed by atoms with Crippen LogP contribution >= 0.6 is 11.3 Å². The van der Waals surface area contributed by atoms with Crippen LogP contribution < -0.4 is 4.90 Å². The van der Waals surface area contributed by atoms with Gasteiger partial charge in [-0.3, -0.25) is 9.69 Å². The van der Waals surface area contributed by atoms with E-state index < -0.39 is 10.0 Å². The molecule has 1 saturated carbocycles. The molecule has 0 spiro atoms. The summed E-state index contributed by atoms with van der Waals surface area (Å²) in [7, 11) is -1.95. The predicted molar refractivity (Wildman–Crippen MR) is 131 cm³/mol. The van der Waals surface area contributed by atoms with E-state index in [0.29, 0.717) is 17.2 Å². The van der Waals surface area contributed by atoms with Crippen LogP contribution in [0.2, 0.25) is 0 Å². The molecular formula is C25H23N3O3S2. The number of fused-ring (bicyclic) bond motifs is 1. The van der Waals surface area contributed by atoms with Gasteiger partial charge < -0.3 is 0 Å². The van der Waals surface area contributed by atoms with Gasteiger partial charge in [0.15, 0.2) is 5.13 Å². The van der Waals surface area contributed by atoms with E-state index in [1.165, 1.54) is 27.8 Å². The van der Waals surface area contributed by atoms with E-state index in [-0.39, 0.29) is 16.8 Å². The zero-order chi connectivity index (χ0) is 23.0. The molecule has 1 aliphatic rings. The first-order chi connectivity index (χ1) is 15.9. The summed E-state index contributed by atoms with van der Waals surface area (Å²) in [5.41, 5.74) is 2.24. The van der Waals surface area contributed by atoms with Crippen molar-refractivity contribution in [3.63, 3.8) is 0 Å². The number of aromatic nitrogens is 1. The Morgan fingerprint density at radius 1 is 0.970 bits per heavy atom. The summed E-state index contributed by atoms with van der Waals surface area (Å²) in [6.45, 7) is 0.365. The van der Waals surface area contributed by atoms with Crippen LogP contribution in [0.4, 0.5) is 5.13 Å². The molecule has 0 radical (unpaired) electrons. The highest BCUT2D eigenvalue weighted by atomic mass is 32.2. The number of anilines is 1. The van der Waals surface area contributed by atoms with Crippen molar-refractivity contribution in [3.8, 4) is 0 Å². The number of para-hydroxylation sites is 1. The van der Waals surface area contributed by atoms with Gasteiger partial charge in [-0.25, -0.2) is 13.4 Å². The van der Waals surface area contributed by atoms with E-state index >= 15 is 0 Å². The molecule has 0 unspecified atom stereocenters. The third kappa shape index (κ3) is 4.42. The number of amides is 1. The van der Waals surface area contributed by atoms with Gasteiger partial charge in [0, 0.05) is 18.7 Å². The van der Waals surface area contributed by atoms with E-state index in [1.54, 1.807) is 24.1 Å². The van der Waals surface area contributed by atoms with Crippen LogP contribution in [-0.2, 0) is 16.6 Å². The van der Waals surface area contributed by atoms with Gasteiger partial charge in [-0.1, -0.05) is 53.8 Å². The van der Waals surface area contributed by atoms with Gasteiger partial charge in [0.1, 0.15) is 0 Å². The monoisotopic (exact) mass is 477 g/mol. The van der Waals surface area contributed by atoms with Gasteiger partial charge in [0.25, 0.3) is 5.91 Å². The Hall–Kier alpha value is -3.07. The molecule has 8 heteroatoms. The number of rotatable bonds is 7. The minimum absolute atomic E-state index is 0.0803. The van der Waals surface area contributed by atoms with Crippen molar-refractivity contribution < 1.29 is 13.2 Å². The summed E-state index contributed by atoms with van der Waals surface area (Å²) < 4.78 is 28.1. The number of hydrogen-bond donors (Lipinski definition) is 0. The van der Waals surface area contributed by atoms with Crippen LogP contribution in [0.5, 0.6) is 0 Å². The van der Waals surface area contributed by atoms with E-state index in [2.05, 4.69) is 4.98 Å². The second-order valence-corrected chi connectivity index (χ2v) is 11.1. The van der Waals surface area contributed by atoms with Crippen molar-refractivity contribution in [2.45, 2.75) is 30.3 Å². The molecule has 0 atom stereocenters. The van der Waals surface area contributed by atoms with Crippen LogP contribution in [0.1, 0.15) is 28.8 Å². The summed E-state index contributed by atoms with van der Waals surface area (Å²) in [6, 6.07) is 23.8.